The van der Waals surface area contributed by atoms with Crippen molar-refractivity contribution < 1.29 is 9.53 Å². The third-order valence-corrected chi connectivity index (χ3v) is 3.25. The first-order valence-electron chi connectivity index (χ1n) is 6.92. The van der Waals surface area contributed by atoms with Gasteiger partial charge in [0.05, 0.1) is 19.2 Å². The first kappa shape index (κ1) is 15.3. The van der Waals surface area contributed by atoms with Gasteiger partial charge in [0.15, 0.2) is 5.65 Å². The molecular weight excluding hydrogens is 268 g/mol. The van der Waals surface area contributed by atoms with E-state index in [0.717, 1.165) is 22.6 Å². The Balaban J connectivity index is 2.40. The lowest BCUT2D eigenvalue weighted by atomic mass is 9.96. The standard InChI is InChI=1S/C15H22N4O2/c1-9-7-10(2)19-12(17-9)11(13(18-19)21-6)8-16-14(20)15(3,4)5/h7H,8H2,1-6H3,(H,16,20). The molecule has 6 heteroatoms. The summed E-state index contributed by atoms with van der Waals surface area (Å²) in [6.07, 6.45) is 0. The molecule has 0 fully saturated rings. The molecule has 1 N–H and O–H groups in total. The fourth-order valence-corrected chi connectivity index (χ4v) is 2.10. The van der Waals surface area contributed by atoms with Gasteiger partial charge in [0.25, 0.3) is 0 Å². The Hall–Kier alpha value is -2.11. The Labute approximate surface area is 124 Å². The van der Waals surface area contributed by atoms with Crippen LogP contribution in [0.1, 0.15) is 37.7 Å². The van der Waals surface area contributed by atoms with Gasteiger partial charge in [-0.2, -0.15) is 0 Å². The summed E-state index contributed by atoms with van der Waals surface area (Å²) in [4.78, 5) is 16.5. The van der Waals surface area contributed by atoms with Crippen LogP contribution in [0.4, 0.5) is 0 Å². The first-order chi connectivity index (χ1) is 9.74. The molecular formula is C15H22N4O2. The van der Waals surface area contributed by atoms with Gasteiger partial charge in [0, 0.05) is 16.8 Å². The molecule has 21 heavy (non-hydrogen) atoms. The van der Waals surface area contributed by atoms with E-state index in [1.54, 1.807) is 11.6 Å². The number of carbonyl (C=O) groups excluding carboxylic acids is 1. The number of hydrogen-bond donors (Lipinski definition) is 1. The summed E-state index contributed by atoms with van der Waals surface area (Å²) in [7, 11) is 1.57. The second-order valence-corrected chi connectivity index (χ2v) is 6.19. The van der Waals surface area contributed by atoms with Gasteiger partial charge in [-0.15, -0.1) is 5.10 Å². The highest BCUT2D eigenvalue weighted by atomic mass is 16.5. The van der Waals surface area contributed by atoms with Gasteiger partial charge >= 0.3 is 0 Å². The number of nitrogens with one attached hydrogen (secondary N) is 1. The summed E-state index contributed by atoms with van der Waals surface area (Å²) in [5, 5.41) is 7.31. The average molecular weight is 290 g/mol. The Kier molecular flexibility index (Phi) is 3.89. The third-order valence-electron chi connectivity index (χ3n) is 3.25. The molecule has 6 nitrogen and oxygen atoms in total. The van der Waals surface area contributed by atoms with Crippen LogP contribution in [-0.4, -0.2) is 27.6 Å². The molecule has 0 radical (unpaired) electrons. The number of carbonyl (C=O) groups is 1. The van der Waals surface area contributed by atoms with E-state index in [9.17, 15) is 4.79 Å². The minimum Gasteiger partial charge on any atom is -0.480 e. The van der Waals surface area contributed by atoms with Crippen molar-refractivity contribution in [1.82, 2.24) is 19.9 Å². The Bertz CT molecular complexity index is 683. The number of ether oxygens (including phenoxy) is 1. The first-order valence-corrected chi connectivity index (χ1v) is 6.92. The maximum Gasteiger partial charge on any atom is 0.240 e. The summed E-state index contributed by atoms with van der Waals surface area (Å²) in [5.41, 5.74) is 2.96. The van der Waals surface area contributed by atoms with Crippen molar-refractivity contribution in [3.63, 3.8) is 0 Å². The van der Waals surface area contributed by atoms with E-state index in [1.165, 1.54) is 0 Å². The monoisotopic (exact) mass is 290 g/mol. The van der Waals surface area contributed by atoms with Crippen LogP contribution >= 0.6 is 0 Å². The second-order valence-electron chi connectivity index (χ2n) is 6.19. The Morgan fingerprint density at radius 2 is 2.05 bits per heavy atom. The highest BCUT2D eigenvalue weighted by Crippen LogP contribution is 2.23. The molecule has 0 aliphatic carbocycles. The third kappa shape index (κ3) is 2.99. The molecule has 0 saturated heterocycles. The summed E-state index contributed by atoms with van der Waals surface area (Å²) in [6, 6.07) is 1.96. The molecule has 0 unspecified atom stereocenters. The maximum atomic E-state index is 12.0. The van der Waals surface area contributed by atoms with Gasteiger partial charge in [-0.05, 0) is 19.9 Å². The van der Waals surface area contributed by atoms with Gasteiger partial charge in [0.1, 0.15) is 0 Å². The van der Waals surface area contributed by atoms with Crippen molar-refractivity contribution in [2.75, 3.05) is 7.11 Å². The largest absolute Gasteiger partial charge is 0.480 e. The zero-order chi connectivity index (χ0) is 15.8. The lowest BCUT2D eigenvalue weighted by Gasteiger charge is -2.17. The quantitative estimate of drug-likeness (QED) is 0.939. The number of hydrogen-bond acceptors (Lipinski definition) is 4. The molecule has 2 aromatic heterocycles. The molecule has 0 aliphatic heterocycles. The molecule has 2 heterocycles. The van der Waals surface area contributed by atoms with Crippen molar-refractivity contribution in [3.05, 3.63) is 23.0 Å². The molecule has 0 aliphatic rings. The van der Waals surface area contributed by atoms with Crippen LogP contribution in [0, 0.1) is 19.3 Å². The van der Waals surface area contributed by atoms with Gasteiger partial charge in [-0.25, -0.2) is 9.50 Å². The molecule has 0 bridgehead atoms. The maximum absolute atomic E-state index is 12.0. The van der Waals surface area contributed by atoms with Crippen molar-refractivity contribution in [2.45, 2.75) is 41.2 Å². The van der Waals surface area contributed by atoms with Crippen LogP contribution in [0.25, 0.3) is 5.65 Å². The SMILES string of the molecule is COc1nn2c(C)cc(C)nc2c1CNC(=O)C(C)(C)C. The lowest BCUT2D eigenvalue weighted by molar-refractivity contribution is -0.128. The van der Waals surface area contributed by atoms with Gasteiger partial charge in [-0.1, -0.05) is 20.8 Å². The van der Waals surface area contributed by atoms with Gasteiger partial charge < -0.3 is 10.1 Å². The van der Waals surface area contributed by atoms with Crippen LogP contribution < -0.4 is 10.1 Å². The number of fused-ring (bicyclic) bond motifs is 1. The highest BCUT2D eigenvalue weighted by Gasteiger charge is 2.23. The summed E-state index contributed by atoms with van der Waals surface area (Å²) in [6.45, 7) is 9.88. The zero-order valence-electron chi connectivity index (χ0n) is 13.4. The Morgan fingerprint density at radius 3 is 2.62 bits per heavy atom. The predicted octanol–water partition coefficient (Wildman–Crippen LogP) is 2.02. The summed E-state index contributed by atoms with van der Waals surface area (Å²) < 4.78 is 7.06. The van der Waals surface area contributed by atoms with E-state index in [1.807, 2.05) is 40.7 Å². The number of aryl methyl sites for hydroxylation is 2. The van der Waals surface area contributed by atoms with Crippen LogP contribution in [0.5, 0.6) is 5.88 Å². The van der Waals surface area contributed by atoms with Crippen molar-refractivity contribution in [1.29, 1.82) is 0 Å². The van der Waals surface area contributed by atoms with Crippen LogP contribution in [-0.2, 0) is 11.3 Å². The average Bonchev–Trinajstić information content (AvgIpc) is 2.72. The number of amides is 1. The summed E-state index contributed by atoms with van der Waals surface area (Å²) in [5.74, 6) is 0.471. The number of methoxy groups -OCH3 is 1. The molecule has 114 valence electrons. The summed E-state index contributed by atoms with van der Waals surface area (Å²) >= 11 is 0. The minimum atomic E-state index is -0.435. The molecule has 0 saturated carbocycles. The van der Waals surface area contributed by atoms with Crippen molar-refractivity contribution >= 4 is 11.6 Å². The normalized spacial score (nSPS) is 11.7. The topological polar surface area (TPSA) is 68.5 Å². The molecule has 2 rings (SSSR count). The van der Waals surface area contributed by atoms with E-state index in [0.29, 0.717) is 12.4 Å². The van der Waals surface area contributed by atoms with E-state index >= 15 is 0 Å². The van der Waals surface area contributed by atoms with E-state index in [2.05, 4.69) is 15.4 Å². The molecule has 0 spiro atoms. The van der Waals surface area contributed by atoms with Crippen LogP contribution in [0.2, 0.25) is 0 Å². The van der Waals surface area contributed by atoms with E-state index < -0.39 is 5.41 Å². The number of aromatic nitrogens is 3. The lowest BCUT2D eigenvalue weighted by Crippen LogP contribution is -2.34. The van der Waals surface area contributed by atoms with Crippen LogP contribution in [0.3, 0.4) is 0 Å². The molecule has 1 amide bonds. The van der Waals surface area contributed by atoms with Crippen LogP contribution in [0.15, 0.2) is 6.07 Å². The second kappa shape index (κ2) is 5.35. The molecule has 0 atom stereocenters. The highest BCUT2D eigenvalue weighted by molar-refractivity contribution is 5.81. The van der Waals surface area contributed by atoms with E-state index in [-0.39, 0.29) is 5.91 Å². The fraction of sp³-hybridized carbons (Fsp3) is 0.533. The van der Waals surface area contributed by atoms with Crippen molar-refractivity contribution in [3.8, 4) is 5.88 Å². The number of rotatable bonds is 3. The molecule has 2 aromatic rings. The smallest absolute Gasteiger partial charge is 0.240 e. The number of nitrogens with zero attached hydrogens (tertiary/aromatic N) is 3. The fourth-order valence-electron chi connectivity index (χ4n) is 2.10. The zero-order valence-corrected chi connectivity index (χ0v) is 13.4. The minimum absolute atomic E-state index is 0.0201. The van der Waals surface area contributed by atoms with E-state index in [4.69, 9.17) is 4.74 Å². The predicted molar refractivity (Wildman–Crippen MR) is 80.3 cm³/mol. The Morgan fingerprint density at radius 1 is 1.38 bits per heavy atom. The molecule has 0 aromatic carbocycles. The van der Waals surface area contributed by atoms with Gasteiger partial charge in [0.2, 0.25) is 11.8 Å². The van der Waals surface area contributed by atoms with Crippen molar-refractivity contribution in [2.24, 2.45) is 5.41 Å². The van der Waals surface area contributed by atoms with Gasteiger partial charge in [-0.3, -0.25) is 4.79 Å².